The van der Waals surface area contributed by atoms with Gasteiger partial charge in [-0.25, -0.2) is 0 Å². The number of nitrogens with zero attached hydrogens (tertiary/aromatic N) is 2. The van der Waals surface area contributed by atoms with E-state index in [0.29, 0.717) is 6.54 Å². The average Bonchev–Trinajstić information content (AvgIpc) is 2.51. The van der Waals surface area contributed by atoms with Crippen LogP contribution in [0, 0.1) is 6.92 Å². The van der Waals surface area contributed by atoms with Gasteiger partial charge in [0.1, 0.15) is 0 Å². The van der Waals surface area contributed by atoms with Crippen LogP contribution >= 0.6 is 15.9 Å². The number of hydrogen-bond acceptors (Lipinski definition) is 4. The van der Waals surface area contributed by atoms with E-state index in [1.54, 1.807) is 11.6 Å². The normalized spacial score (nSPS) is 12.1. The Labute approximate surface area is 104 Å². The van der Waals surface area contributed by atoms with Gasteiger partial charge in [0.2, 0.25) is 0 Å². The molecule has 0 fully saturated rings. The molecule has 0 unspecified atom stereocenters. The molecule has 0 amide bonds. The first-order valence-electron chi connectivity index (χ1n) is 5.08. The summed E-state index contributed by atoms with van der Waals surface area (Å²) in [7, 11) is 1.87. The van der Waals surface area contributed by atoms with Crippen LogP contribution in [0.5, 0.6) is 0 Å². The van der Waals surface area contributed by atoms with Gasteiger partial charge in [-0.2, -0.15) is 5.10 Å². The van der Waals surface area contributed by atoms with E-state index in [4.69, 9.17) is 10.2 Å². The number of hydrogen-bond donors (Lipinski definition) is 3. The first-order chi connectivity index (χ1) is 7.43. The molecule has 0 saturated heterocycles. The van der Waals surface area contributed by atoms with Crippen LogP contribution in [0.3, 0.4) is 0 Å². The van der Waals surface area contributed by atoms with E-state index in [1.165, 1.54) is 0 Å². The molecule has 1 heterocycles. The number of aromatic nitrogens is 2. The van der Waals surface area contributed by atoms with Crippen LogP contribution in [0.25, 0.3) is 0 Å². The molecule has 1 aromatic heterocycles. The Bertz CT molecular complexity index is 361. The second kappa shape index (κ2) is 5.27. The molecule has 1 rings (SSSR count). The number of aliphatic hydroxyl groups excluding tert-OH is 2. The molecule has 6 heteroatoms. The maximum absolute atomic E-state index is 9.15. The number of rotatable bonds is 5. The fourth-order valence-corrected chi connectivity index (χ4v) is 1.81. The second-order valence-corrected chi connectivity index (χ2v) is 4.99. The average molecular weight is 292 g/mol. The van der Waals surface area contributed by atoms with Crippen LogP contribution in [0.2, 0.25) is 0 Å². The Hall–Kier alpha value is -0.430. The van der Waals surface area contributed by atoms with Crippen LogP contribution in [-0.2, 0) is 13.6 Å². The summed E-state index contributed by atoms with van der Waals surface area (Å²) in [4.78, 5) is 0. The van der Waals surface area contributed by atoms with E-state index in [-0.39, 0.29) is 13.2 Å². The highest BCUT2D eigenvalue weighted by Crippen LogP contribution is 2.20. The van der Waals surface area contributed by atoms with Crippen molar-refractivity contribution in [2.24, 2.45) is 7.05 Å². The predicted molar refractivity (Wildman–Crippen MR) is 65.1 cm³/mol. The monoisotopic (exact) mass is 291 g/mol. The topological polar surface area (TPSA) is 70.3 Å². The van der Waals surface area contributed by atoms with Crippen molar-refractivity contribution >= 4 is 15.9 Å². The van der Waals surface area contributed by atoms with Gasteiger partial charge in [0.25, 0.3) is 0 Å². The van der Waals surface area contributed by atoms with Gasteiger partial charge in [-0.3, -0.25) is 4.68 Å². The van der Waals surface area contributed by atoms with Crippen LogP contribution in [0.15, 0.2) is 4.47 Å². The van der Waals surface area contributed by atoms with Crippen molar-refractivity contribution in [2.45, 2.75) is 25.9 Å². The van der Waals surface area contributed by atoms with Crippen LogP contribution in [0.1, 0.15) is 18.3 Å². The maximum atomic E-state index is 9.15. The Kier molecular flexibility index (Phi) is 4.49. The fourth-order valence-electron chi connectivity index (χ4n) is 1.33. The summed E-state index contributed by atoms with van der Waals surface area (Å²) in [5.41, 5.74) is 1.25. The molecule has 5 nitrogen and oxygen atoms in total. The molecule has 0 aromatic carbocycles. The Balaban J connectivity index is 2.74. The van der Waals surface area contributed by atoms with Gasteiger partial charge in [-0.05, 0) is 29.8 Å². The van der Waals surface area contributed by atoms with Gasteiger partial charge in [0.05, 0.1) is 34.6 Å². The quantitative estimate of drug-likeness (QED) is 0.731. The molecule has 0 aliphatic carbocycles. The molecule has 0 atom stereocenters. The molecule has 3 N–H and O–H groups in total. The van der Waals surface area contributed by atoms with Gasteiger partial charge >= 0.3 is 0 Å². The van der Waals surface area contributed by atoms with E-state index < -0.39 is 5.54 Å². The van der Waals surface area contributed by atoms with Gasteiger partial charge in [0, 0.05) is 13.6 Å². The van der Waals surface area contributed by atoms with Crippen molar-refractivity contribution in [1.82, 2.24) is 15.1 Å². The molecule has 0 saturated carbocycles. The molecular formula is C10H18BrN3O2. The zero-order valence-electron chi connectivity index (χ0n) is 9.79. The van der Waals surface area contributed by atoms with Gasteiger partial charge < -0.3 is 15.5 Å². The first-order valence-corrected chi connectivity index (χ1v) is 5.87. The molecule has 0 radical (unpaired) electrons. The minimum atomic E-state index is -0.669. The molecule has 16 heavy (non-hydrogen) atoms. The molecule has 0 spiro atoms. The number of aryl methyl sites for hydroxylation is 2. The van der Waals surface area contributed by atoms with Crippen LogP contribution < -0.4 is 5.32 Å². The minimum Gasteiger partial charge on any atom is -0.394 e. The lowest BCUT2D eigenvalue weighted by molar-refractivity contribution is 0.102. The predicted octanol–water partition coefficient (Wildman–Crippen LogP) is 0.324. The summed E-state index contributed by atoms with van der Waals surface area (Å²) < 4.78 is 2.74. The van der Waals surface area contributed by atoms with Gasteiger partial charge in [-0.1, -0.05) is 0 Å². The molecule has 92 valence electrons. The summed E-state index contributed by atoms with van der Waals surface area (Å²) in [5, 5.41) is 25.7. The van der Waals surface area contributed by atoms with Crippen molar-refractivity contribution in [2.75, 3.05) is 13.2 Å². The molecule has 0 aliphatic heterocycles. The van der Waals surface area contributed by atoms with E-state index in [1.807, 2.05) is 14.0 Å². The standard InChI is InChI=1S/C10H18BrN3O2/c1-7-9(11)8(14(3)13-7)4-12-10(2,5-15)6-16/h12,15-16H,4-6H2,1-3H3. The van der Waals surface area contributed by atoms with Crippen molar-refractivity contribution in [1.29, 1.82) is 0 Å². The molecule has 0 aliphatic rings. The number of halogens is 1. The smallest absolute Gasteiger partial charge is 0.0739 e. The third-order valence-electron chi connectivity index (χ3n) is 2.64. The van der Waals surface area contributed by atoms with Crippen molar-refractivity contribution in [3.8, 4) is 0 Å². The second-order valence-electron chi connectivity index (χ2n) is 4.20. The highest BCUT2D eigenvalue weighted by Gasteiger charge is 2.22. The Morgan fingerprint density at radius 2 is 2.00 bits per heavy atom. The lowest BCUT2D eigenvalue weighted by Gasteiger charge is -2.26. The van der Waals surface area contributed by atoms with Crippen LogP contribution in [-0.4, -0.2) is 38.7 Å². The zero-order valence-corrected chi connectivity index (χ0v) is 11.4. The molecular weight excluding hydrogens is 274 g/mol. The Morgan fingerprint density at radius 1 is 1.44 bits per heavy atom. The van der Waals surface area contributed by atoms with Gasteiger partial charge in [0.15, 0.2) is 0 Å². The Morgan fingerprint density at radius 3 is 2.38 bits per heavy atom. The first kappa shape index (κ1) is 13.6. The van der Waals surface area contributed by atoms with Gasteiger partial charge in [-0.15, -0.1) is 0 Å². The summed E-state index contributed by atoms with van der Waals surface area (Å²) in [6.07, 6.45) is 0. The molecule has 1 aromatic rings. The van der Waals surface area contributed by atoms with E-state index in [0.717, 1.165) is 15.9 Å². The maximum Gasteiger partial charge on any atom is 0.0739 e. The highest BCUT2D eigenvalue weighted by atomic mass is 79.9. The highest BCUT2D eigenvalue weighted by molar-refractivity contribution is 9.10. The van der Waals surface area contributed by atoms with E-state index >= 15 is 0 Å². The third kappa shape index (κ3) is 2.82. The summed E-state index contributed by atoms with van der Waals surface area (Å²) >= 11 is 3.46. The molecule has 0 bridgehead atoms. The number of aliphatic hydroxyl groups is 2. The summed E-state index contributed by atoms with van der Waals surface area (Å²) in [5.74, 6) is 0. The summed E-state index contributed by atoms with van der Waals surface area (Å²) in [6, 6.07) is 0. The number of nitrogens with one attached hydrogen (secondary N) is 1. The van der Waals surface area contributed by atoms with E-state index in [2.05, 4.69) is 26.3 Å². The summed E-state index contributed by atoms with van der Waals surface area (Å²) in [6.45, 7) is 4.00. The minimum absolute atomic E-state index is 0.113. The fraction of sp³-hybridized carbons (Fsp3) is 0.700. The largest absolute Gasteiger partial charge is 0.394 e. The van der Waals surface area contributed by atoms with E-state index in [9.17, 15) is 0 Å². The van der Waals surface area contributed by atoms with Crippen LogP contribution in [0.4, 0.5) is 0 Å². The van der Waals surface area contributed by atoms with Crippen molar-refractivity contribution < 1.29 is 10.2 Å². The lowest BCUT2D eigenvalue weighted by Crippen LogP contribution is -2.48. The SMILES string of the molecule is Cc1nn(C)c(CNC(C)(CO)CO)c1Br. The lowest BCUT2D eigenvalue weighted by atomic mass is 10.1. The third-order valence-corrected chi connectivity index (χ3v) is 3.67. The van der Waals surface area contributed by atoms with Crippen molar-refractivity contribution in [3.05, 3.63) is 15.9 Å². The van der Waals surface area contributed by atoms with Crippen molar-refractivity contribution in [3.63, 3.8) is 0 Å². The zero-order chi connectivity index (χ0) is 12.3.